The van der Waals surface area contributed by atoms with Crippen LogP contribution in [0.5, 0.6) is 11.5 Å². The fourth-order valence-corrected chi connectivity index (χ4v) is 4.85. The number of halogens is 1. The minimum Gasteiger partial charge on any atom is -0.486 e. The lowest BCUT2D eigenvalue weighted by Gasteiger charge is -2.21. The van der Waals surface area contributed by atoms with Gasteiger partial charge in [-0.05, 0) is 68.5 Å². The highest BCUT2D eigenvalue weighted by Crippen LogP contribution is 2.40. The van der Waals surface area contributed by atoms with Crippen LogP contribution in [0.1, 0.15) is 27.2 Å². The summed E-state index contributed by atoms with van der Waals surface area (Å²) >= 11 is 3.89. The maximum atomic E-state index is 6.08. The molecule has 30 heavy (non-hydrogen) atoms. The van der Waals surface area contributed by atoms with Crippen molar-refractivity contribution in [2.45, 2.75) is 49.3 Å². The maximum absolute atomic E-state index is 6.08. The zero-order valence-corrected chi connectivity index (χ0v) is 20.2. The average molecular weight is 540 g/mol. The number of nitrogens with zero attached hydrogens (tertiary/aromatic N) is 4. The van der Waals surface area contributed by atoms with Crippen molar-refractivity contribution in [2.24, 2.45) is 0 Å². The number of aryl methyl sites for hydroxylation is 1. The second kappa shape index (κ2) is 8.75. The molecule has 0 spiro atoms. The van der Waals surface area contributed by atoms with Gasteiger partial charge in [0.2, 0.25) is 0 Å². The van der Waals surface area contributed by atoms with E-state index in [2.05, 4.69) is 63.2 Å². The molecule has 0 saturated heterocycles. The van der Waals surface area contributed by atoms with Gasteiger partial charge in [-0.15, -0.1) is 0 Å². The van der Waals surface area contributed by atoms with E-state index in [1.54, 1.807) is 11.8 Å². The number of ether oxygens (including phenoxy) is 2. The van der Waals surface area contributed by atoms with Gasteiger partial charge in [0.25, 0.3) is 0 Å². The van der Waals surface area contributed by atoms with Crippen molar-refractivity contribution in [3.8, 4) is 11.5 Å². The molecule has 3 aromatic rings. The molecule has 10 heteroatoms. The van der Waals surface area contributed by atoms with Gasteiger partial charge in [0.15, 0.2) is 33.6 Å². The highest BCUT2D eigenvalue weighted by atomic mass is 127. The first kappa shape index (κ1) is 21.4. The molecule has 1 aromatic carbocycles. The maximum Gasteiger partial charge on any atom is 0.175 e. The number of hydrogen-bond acceptors (Lipinski definition) is 8. The van der Waals surface area contributed by atoms with E-state index in [1.165, 1.54) is 6.33 Å². The molecule has 1 aliphatic rings. The topological polar surface area (TPSA) is 100 Å². The van der Waals surface area contributed by atoms with E-state index >= 15 is 0 Å². The standard InChI is InChI=1S/C20H25IN6O2S/c1-20(2,3)25-5-4-6-27-18-16(17(22)23-11-24-18)26-19(27)30-15-10-14-13(9-12(15)21)28-7-8-29-14/h9-11,25H,4-8H2,1-3H3,(H2,22,23,24). The van der Waals surface area contributed by atoms with Crippen LogP contribution in [-0.4, -0.2) is 44.8 Å². The molecule has 0 fully saturated rings. The monoisotopic (exact) mass is 540 g/mol. The summed E-state index contributed by atoms with van der Waals surface area (Å²) in [7, 11) is 0. The fraction of sp³-hybridized carbons (Fsp3) is 0.450. The first-order valence-corrected chi connectivity index (χ1v) is 11.7. The average Bonchev–Trinajstić information content (AvgIpc) is 3.04. The second-order valence-electron chi connectivity index (χ2n) is 8.04. The van der Waals surface area contributed by atoms with E-state index in [0.29, 0.717) is 24.5 Å². The van der Waals surface area contributed by atoms with Crippen LogP contribution in [0, 0.1) is 3.57 Å². The minimum absolute atomic E-state index is 0.0858. The zero-order chi connectivity index (χ0) is 21.3. The third-order valence-corrected chi connectivity index (χ3v) is 6.85. The first-order chi connectivity index (χ1) is 14.3. The molecule has 1 aliphatic heterocycles. The van der Waals surface area contributed by atoms with E-state index in [9.17, 15) is 0 Å². The summed E-state index contributed by atoms with van der Waals surface area (Å²) in [6, 6.07) is 4.02. The van der Waals surface area contributed by atoms with E-state index < -0.39 is 0 Å². The number of benzene rings is 1. The summed E-state index contributed by atoms with van der Waals surface area (Å²) in [4.78, 5) is 14.4. The molecule has 0 bridgehead atoms. The molecule has 4 rings (SSSR count). The lowest BCUT2D eigenvalue weighted by atomic mass is 10.1. The molecular weight excluding hydrogens is 515 g/mol. The molecule has 3 heterocycles. The van der Waals surface area contributed by atoms with Crippen molar-refractivity contribution in [1.82, 2.24) is 24.8 Å². The molecule has 3 N–H and O–H groups in total. The Hall–Kier alpha value is -1.79. The normalized spacial score (nSPS) is 13.7. The molecule has 8 nitrogen and oxygen atoms in total. The Bertz CT molecular complexity index is 1070. The second-order valence-corrected chi connectivity index (χ2v) is 10.2. The first-order valence-electron chi connectivity index (χ1n) is 9.80. The van der Waals surface area contributed by atoms with Crippen LogP contribution in [-0.2, 0) is 6.54 Å². The van der Waals surface area contributed by atoms with E-state index in [-0.39, 0.29) is 5.54 Å². The van der Waals surface area contributed by atoms with Crippen LogP contribution >= 0.6 is 34.4 Å². The third kappa shape index (κ3) is 4.75. The third-order valence-electron chi connectivity index (χ3n) is 4.54. The Morgan fingerprint density at radius 1 is 1.20 bits per heavy atom. The van der Waals surface area contributed by atoms with Gasteiger partial charge in [-0.1, -0.05) is 11.8 Å². The summed E-state index contributed by atoms with van der Waals surface area (Å²) in [6.45, 7) is 9.31. The number of hydrogen-bond donors (Lipinski definition) is 2. The van der Waals surface area contributed by atoms with Gasteiger partial charge in [-0.3, -0.25) is 0 Å². The summed E-state index contributed by atoms with van der Waals surface area (Å²) < 4.78 is 14.6. The molecule has 2 aromatic heterocycles. The molecule has 0 radical (unpaired) electrons. The Kier molecular flexibility index (Phi) is 6.26. The SMILES string of the molecule is CC(C)(C)NCCCn1c(Sc2cc3c(cc2I)OCCO3)nc2c(N)ncnc21. The van der Waals surface area contributed by atoms with Crippen molar-refractivity contribution < 1.29 is 9.47 Å². The van der Waals surface area contributed by atoms with Gasteiger partial charge in [-0.25, -0.2) is 15.0 Å². The van der Waals surface area contributed by atoms with Gasteiger partial charge in [0.05, 0.1) is 0 Å². The number of fused-ring (bicyclic) bond motifs is 2. The fourth-order valence-electron chi connectivity index (χ4n) is 3.14. The highest BCUT2D eigenvalue weighted by molar-refractivity contribution is 14.1. The smallest absolute Gasteiger partial charge is 0.175 e. The molecule has 0 saturated carbocycles. The van der Waals surface area contributed by atoms with Gasteiger partial charge < -0.3 is 25.1 Å². The van der Waals surface area contributed by atoms with E-state index in [0.717, 1.165) is 50.3 Å². The molecule has 0 amide bonds. The quantitative estimate of drug-likeness (QED) is 0.361. The van der Waals surface area contributed by atoms with Gasteiger partial charge >= 0.3 is 0 Å². The van der Waals surface area contributed by atoms with Crippen LogP contribution in [0.15, 0.2) is 28.5 Å². The number of nitrogen functional groups attached to an aromatic ring is 1. The number of nitrogens with one attached hydrogen (secondary N) is 1. The molecule has 0 unspecified atom stereocenters. The summed E-state index contributed by atoms with van der Waals surface area (Å²) in [5.74, 6) is 1.94. The zero-order valence-electron chi connectivity index (χ0n) is 17.2. The largest absolute Gasteiger partial charge is 0.486 e. The van der Waals surface area contributed by atoms with Gasteiger partial charge in [0.1, 0.15) is 19.5 Å². The van der Waals surface area contributed by atoms with Crippen LogP contribution in [0.4, 0.5) is 5.82 Å². The van der Waals surface area contributed by atoms with Crippen molar-refractivity contribution in [3.63, 3.8) is 0 Å². The van der Waals surface area contributed by atoms with Gasteiger partial charge in [-0.2, -0.15) is 0 Å². The van der Waals surface area contributed by atoms with Crippen molar-refractivity contribution in [3.05, 3.63) is 22.0 Å². The molecule has 0 aliphatic carbocycles. The lowest BCUT2D eigenvalue weighted by Crippen LogP contribution is -2.36. The van der Waals surface area contributed by atoms with Gasteiger partial charge in [0, 0.05) is 20.5 Å². The Balaban J connectivity index is 1.64. The number of aromatic nitrogens is 4. The molecular formula is C20H25IN6O2S. The number of anilines is 1. The summed E-state index contributed by atoms with van der Waals surface area (Å²) in [5, 5.41) is 4.36. The van der Waals surface area contributed by atoms with Crippen molar-refractivity contribution in [2.75, 3.05) is 25.5 Å². The highest BCUT2D eigenvalue weighted by Gasteiger charge is 2.20. The Labute approximate surface area is 193 Å². The summed E-state index contributed by atoms with van der Waals surface area (Å²) in [6.07, 6.45) is 2.43. The van der Waals surface area contributed by atoms with Crippen LogP contribution in [0.25, 0.3) is 11.2 Å². The van der Waals surface area contributed by atoms with Crippen molar-refractivity contribution in [1.29, 1.82) is 0 Å². The van der Waals surface area contributed by atoms with E-state index in [4.69, 9.17) is 20.2 Å². The number of nitrogens with two attached hydrogens (primary N) is 1. The van der Waals surface area contributed by atoms with Crippen molar-refractivity contribution >= 4 is 51.3 Å². The minimum atomic E-state index is 0.0858. The predicted octanol–water partition coefficient (Wildman–Crippen LogP) is 3.71. The number of imidazole rings is 1. The Morgan fingerprint density at radius 2 is 1.93 bits per heavy atom. The van der Waals surface area contributed by atoms with Crippen LogP contribution < -0.4 is 20.5 Å². The molecule has 160 valence electrons. The Morgan fingerprint density at radius 3 is 2.67 bits per heavy atom. The summed E-state index contributed by atoms with van der Waals surface area (Å²) in [5.41, 5.74) is 7.56. The van der Waals surface area contributed by atoms with E-state index in [1.807, 2.05) is 12.1 Å². The number of rotatable bonds is 6. The van der Waals surface area contributed by atoms with Crippen LogP contribution in [0.3, 0.4) is 0 Å². The predicted molar refractivity (Wildman–Crippen MR) is 126 cm³/mol. The molecule has 0 atom stereocenters. The lowest BCUT2D eigenvalue weighted by molar-refractivity contribution is 0.171. The van der Waals surface area contributed by atoms with Crippen LogP contribution in [0.2, 0.25) is 0 Å².